The Balaban J connectivity index is 1.18. The molecule has 210 valence electrons. The number of aryl methyl sites for hydroxylation is 2. The van der Waals surface area contributed by atoms with Gasteiger partial charge in [0.2, 0.25) is 29.6 Å². The summed E-state index contributed by atoms with van der Waals surface area (Å²) in [6.45, 7) is 4.48. The van der Waals surface area contributed by atoms with Gasteiger partial charge in [0, 0.05) is 40.2 Å². The molecule has 42 heavy (non-hydrogen) atoms. The average Bonchev–Trinajstić information content (AvgIpc) is 3.58. The summed E-state index contributed by atoms with van der Waals surface area (Å²) in [7, 11) is 1.39. The van der Waals surface area contributed by atoms with Gasteiger partial charge in [-0.25, -0.2) is 9.80 Å². The Morgan fingerprint density at radius 3 is 1.95 bits per heavy atom. The third kappa shape index (κ3) is 3.02. The molecule has 0 spiro atoms. The molecule has 0 radical (unpaired) electrons. The van der Waals surface area contributed by atoms with Crippen LogP contribution < -0.4 is 14.5 Å². The van der Waals surface area contributed by atoms with Crippen molar-refractivity contribution < 1.29 is 23.9 Å². The van der Waals surface area contributed by atoms with Crippen molar-refractivity contribution in [1.82, 2.24) is 19.5 Å². The molecule has 5 aliphatic rings. The summed E-state index contributed by atoms with van der Waals surface area (Å²) in [5.74, 6) is -5.62. The van der Waals surface area contributed by atoms with Gasteiger partial charge in [-0.1, -0.05) is 30.4 Å². The van der Waals surface area contributed by atoms with Crippen LogP contribution in [-0.2, 0) is 25.7 Å². The Morgan fingerprint density at radius 2 is 1.33 bits per heavy atom. The molecule has 0 N–H and O–H groups in total. The fraction of sp³-hybridized carbons (Fsp3) is 0.323. The summed E-state index contributed by atoms with van der Waals surface area (Å²) < 4.78 is 7.33. The Bertz CT molecular complexity index is 1880. The van der Waals surface area contributed by atoms with E-state index in [1.165, 1.54) is 12.0 Å². The largest absolute Gasteiger partial charge is 0.467 e. The van der Waals surface area contributed by atoms with Crippen LogP contribution in [-0.4, -0.2) is 50.3 Å². The molecular formula is C31H26N6O5. The van der Waals surface area contributed by atoms with Crippen molar-refractivity contribution in [2.24, 2.45) is 35.5 Å². The summed E-state index contributed by atoms with van der Waals surface area (Å²) in [5.41, 5.74) is 2.61. The number of hydrogen-bond acceptors (Lipinski definition) is 8. The number of allylic oxidation sites excluding steroid dienone is 2. The molecule has 1 saturated carbocycles. The number of imide groups is 2. The van der Waals surface area contributed by atoms with Gasteiger partial charge in [-0.05, 0) is 38.1 Å². The molecule has 11 nitrogen and oxygen atoms in total. The number of nitrogens with zero attached hydrogens (tertiary/aromatic N) is 6. The second-order valence-corrected chi connectivity index (χ2v) is 11.3. The molecular weight excluding hydrogens is 536 g/mol. The van der Waals surface area contributed by atoms with E-state index in [-0.39, 0.29) is 23.8 Å². The van der Waals surface area contributed by atoms with E-state index in [0.717, 1.165) is 33.3 Å². The third-order valence-corrected chi connectivity index (χ3v) is 9.44. The average molecular weight is 563 g/mol. The zero-order chi connectivity index (χ0) is 29.0. The van der Waals surface area contributed by atoms with Crippen LogP contribution in [0.1, 0.15) is 12.7 Å². The number of hydrogen-bond donors (Lipinski definition) is 0. The predicted molar refractivity (Wildman–Crippen MR) is 151 cm³/mol. The number of ether oxygens (including phenoxy) is 1. The first kappa shape index (κ1) is 24.8. The topological polar surface area (TPSA) is 128 Å². The molecule has 2 aromatic carbocycles. The molecule has 4 amide bonds. The number of carbonyl (C=O) groups is 4. The second-order valence-electron chi connectivity index (χ2n) is 11.3. The lowest BCUT2D eigenvalue weighted by molar-refractivity contribution is -0.137. The van der Waals surface area contributed by atoms with Crippen molar-refractivity contribution in [2.45, 2.75) is 20.4 Å². The summed E-state index contributed by atoms with van der Waals surface area (Å²) in [6.07, 6.45) is 3.68. The highest BCUT2D eigenvalue weighted by atomic mass is 16.5. The van der Waals surface area contributed by atoms with E-state index in [9.17, 15) is 19.2 Å². The zero-order valence-corrected chi connectivity index (χ0v) is 23.1. The summed E-state index contributed by atoms with van der Waals surface area (Å²) in [4.78, 5) is 70.4. The number of fused-ring (bicyclic) bond motifs is 3. The maximum atomic E-state index is 14.1. The van der Waals surface area contributed by atoms with E-state index in [1.807, 2.05) is 48.6 Å². The summed E-state index contributed by atoms with van der Waals surface area (Å²) in [6, 6.07) is 13.7. The van der Waals surface area contributed by atoms with Crippen molar-refractivity contribution in [1.29, 1.82) is 0 Å². The normalized spacial score (nSPS) is 28.0. The molecule has 2 aliphatic heterocycles. The van der Waals surface area contributed by atoms with E-state index >= 15 is 0 Å². The van der Waals surface area contributed by atoms with Gasteiger partial charge in [-0.3, -0.25) is 19.2 Å². The van der Waals surface area contributed by atoms with E-state index in [2.05, 4.69) is 32.5 Å². The van der Waals surface area contributed by atoms with E-state index in [0.29, 0.717) is 11.5 Å². The maximum Gasteiger partial charge on any atom is 0.321 e. The number of anilines is 2. The molecule has 4 heterocycles. The minimum Gasteiger partial charge on any atom is -0.467 e. The van der Waals surface area contributed by atoms with Crippen LogP contribution in [0.4, 0.5) is 11.6 Å². The number of carbonyl (C=O) groups excluding carboxylic acids is 4. The molecule has 11 heteroatoms. The molecule has 6 atom stereocenters. The first-order chi connectivity index (χ1) is 20.3. The van der Waals surface area contributed by atoms with Gasteiger partial charge >= 0.3 is 6.01 Å². The summed E-state index contributed by atoms with van der Waals surface area (Å²) >= 11 is 0. The molecule has 3 fully saturated rings. The first-order valence-corrected chi connectivity index (χ1v) is 14.1. The smallest absolute Gasteiger partial charge is 0.321 e. The highest BCUT2D eigenvalue weighted by Gasteiger charge is 2.69. The fourth-order valence-corrected chi connectivity index (χ4v) is 7.83. The van der Waals surface area contributed by atoms with Crippen molar-refractivity contribution in [3.63, 3.8) is 0 Å². The van der Waals surface area contributed by atoms with Gasteiger partial charge in [0.1, 0.15) is 5.82 Å². The van der Waals surface area contributed by atoms with Gasteiger partial charge in [0.15, 0.2) is 0 Å². The van der Waals surface area contributed by atoms with Crippen LogP contribution in [0, 0.1) is 42.4 Å². The monoisotopic (exact) mass is 562 g/mol. The molecule has 2 aromatic heterocycles. The Morgan fingerprint density at radius 1 is 0.738 bits per heavy atom. The van der Waals surface area contributed by atoms with Crippen LogP contribution in [0.25, 0.3) is 21.8 Å². The number of aromatic nitrogens is 4. The van der Waals surface area contributed by atoms with Gasteiger partial charge in [-0.2, -0.15) is 15.0 Å². The predicted octanol–water partition coefficient (Wildman–Crippen LogP) is 3.04. The first-order valence-electron chi connectivity index (χ1n) is 14.1. The van der Waals surface area contributed by atoms with E-state index < -0.39 is 47.3 Å². The van der Waals surface area contributed by atoms with Crippen LogP contribution >= 0.6 is 0 Å². The third-order valence-electron chi connectivity index (χ3n) is 9.44. The molecule has 2 bridgehead atoms. The fourth-order valence-electron chi connectivity index (χ4n) is 7.83. The lowest BCUT2D eigenvalue weighted by atomic mass is 9.54. The van der Waals surface area contributed by atoms with Gasteiger partial charge in [0.25, 0.3) is 0 Å². The number of para-hydroxylation sites is 1. The van der Waals surface area contributed by atoms with Crippen molar-refractivity contribution in [3.8, 4) is 6.01 Å². The number of methoxy groups -OCH3 is 1. The van der Waals surface area contributed by atoms with Gasteiger partial charge in [0.05, 0.1) is 36.5 Å². The number of amides is 4. The highest BCUT2D eigenvalue weighted by molar-refractivity contribution is 6.26. The van der Waals surface area contributed by atoms with Gasteiger partial charge < -0.3 is 9.30 Å². The highest BCUT2D eigenvalue weighted by Crippen LogP contribution is 2.58. The van der Waals surface area contributed by atoms with Gasteiger partial charge in [-0.15, -0.1) is 0 Å². The SMILES string of the molecule is CCn1c2ccccc2c2cc(N3C(=O)C4C5C=CC(C4C3=O)C3C(=O)N(c4nc(C)nc(OC)n4)C(=O)C53)ccc21. The molecule has 6 unspecified atom stereocenters. The molecule has 4 aromatic rings. The molecule has 3 aliphatic carbocycles. The number of benzene rings is 2. The molecule has 9 rings (SSSR count). The Hall–Kier alpha value is -4.93. The Kier molecular flexibility index (Phi) is 5.05. The van der Waals surface area contributed by atoms with Crippen molar-refractivity contribution in [3.05, 3.63) is 60.4 Å². The quantitative estimate of drug-likeness (QED) is 0.274. The lowest BCUT2D eigenvalue weighted by Gasteiger charge is -2.44. The zero-order valence-electron chi connectivity index (χ0n) is 23.1. The van der Waals surface area contributed by atoms with Crippen LogP contribution in [0.2, 0.25) is 0 Å². The summed E-state index contributed by atoms with van der Waals surface area (Å²) in [5, 5.41) is 2.01. The van der Waals surface area contributed by atoms with Crippen molar-refractivity contribution >= 4 is 57.1 Å². The minimum atomic E-state index is -0.779. The molecule has 2 saturated heterocycles. The number of rotatable bonds is 4. The standard InChI is InChI=1S/C31H26N6O5/c1-4-35-20-8-6-5-7-16(20)19-13-15(9-12-21(19)35)36-26(38)22-17-10-11-18(23(22)27(36)39)25-24(17)28(40)37(29(25)41)30-32-14(2)33-31(34-30)42-3/h5-13,17-18,22-25H,4H2,1-3H3. The van der Waals surface area contributed by atoms with Crippen LogP contribution in [0.3, 0.4) is 0 Å². The van der Waals surface area contributed by atoms with Crippen molar-refractivity contribution in [2.75, 3.05) is 16.9 Å². The van der Waals surface area contributed by atoms with E-state index in [4.69, 9.17) is 4.74 Å². The lowest BCUT2D eigenvalue weighted by Crippen LogP contribution is -2.50. The van der Waals surface area contributed by atoms with E-state index in [1.54, 1.807) is 6.92 Å². The minimum absolute atomic E-state index is 0.00837. The Labute approximate surface area is 239 Å². The maximum absolute atomic E-state index is 14.1. The van der Waals surface area contributed by atoms with Crippen LogP contribution in [0.15, 0.2) is 54.6 Å². The second kappa shape index (κ2) is 8.54. The van der Waals surface area contributed by atoms with Crippen LogP contribution in [0.5, 0.6) is 6.01 Å².